The van der Waals surface area contributed by atoms with Crippen LogP contribution in [0.1, 0.15) is 34.9 Å². The lowest BCUT2D eigenvalue weighted by Gasteiger charge is -2.30. The molecular weight excluding hydrogens is 565 g/mol. The number of methoxy groups -OCH3 is 1. The molecule has 0 unspecified atom stereocenters. The van der Waals surface area contributed by atoms with Gasteiger partial charge in [0.25, 0.3) is 5.56 Å². The number of hydrogen-bond donors (Lipinski definition) is 1. The first-order chi connectivity index (χ1) is 20.6. The highest BCUT2D eigenvalue weighted by atomic mass is 32.2. The molecule has 1 aliphatic carbocycles. The Kier molecular flexibility index (Phi) is 6.01. The summed E-state index contributed by atoms with van der Waals surface area (Å²) in [5.41, 5.74) is 7.43. The van der Waals surface area contributed by atoms with Gasteiger partial charge in [0.1, 0.15) is 11.5 Å². The van der Waals surface area contributed by atoms with E-state index in [1.807, 2.05) is 71.3 Å². The summed E-state index contributed by atoms with van der Waals surface area (Å²) in [6, 6.07) is 27.9. The van der Waals surface area contributed by atoms with Gasteiger partial charge in [0.15, 0.2) is 15.1 Å². The van der Waals surface area contributed by atoms with Gasteiger partial charge in [-0.1, -0.05) is 59.9 Å². The average Bonchev–Trinajstić information content (AvgIpc) is 3.73. The lowest BCUT2D eigenvalue weighted by molar-refractivity contribution is 0.414. The maximum absolute atomic E-state index is 14.0. The summed E-state index contributed by atoms with van der Waals surface area (Å²) in [6.07, 6.45) is 3.57. The third kappa shape index (κ3) is 4.24. The Morgan fingerprint density at radius 1 is 1.02 bits per heavy atom. The van der Waals surface area contributed by atoms with Gasteiger partial charge >= 0.3 is 0 Å². The van der Waals surface area contributed by atoms with Crippen LogP contribution in [0.15, 0.2) is 115 Å². The largest absolute Gasteiger partial charge is 0.497 e. The van der Waals surface area contributed by atoms with Crippen molar-refractivity contribution in [3.8, 4) is 5.75 Å². The number of nitrogens with one attached hydrogen (secondary N) is 1. The summed E-state index contributed by atoms with van der Waals surface area (Å²) in [6.45, 7) is 0. The number of hydrogen-bond acceptors (Lipinski definition) is 7. The van der Waals surface area contributed by atoms with Crippen molar-refractivity contribution in [2.24, 2.45) is 4.99 Å². The molecule has 0 fully saturated rings. The third-order valence-electron chi connectivity index (χ3n) is 7.74. The second-order valence-electron chi connectivity index (χ2n) is 10.2. The number of thiazole rings is 1. The Balaban J connectivity index is 1.22. The highest BCUT2D eigenvalue weighted by Gasteiger charge is 2.32. The fourth-order valence-corrected chi connectivity index (χ4v) is 7.53. The number of allylic oxidation sites excluding steroid dienone is 1. The molecule has 2 aliphatic rings. The quantitative estimate of drug-likeness (QED) is 0.269. The van der Waals surface area contributed by atoms with Crippen LogP contribution in [0.3, 0.4) is 0 Å². The van der Waals surface area contributed by atoms with E-state index in [9.17, 15) is 4.79 Å². The van der Waals surface area contributed by atoms with Gasteiger partial charge in [0.2, 0.25) is 0 Å². The van der Waals surface area contributed by atoms with Crippen molar-refractivity contribution in [1.29, 1.82) is 0 Å². The van der Waals surface area contributed by atoms with Gasteiger partial charge in [-0.05, 0) is 77.7 Å². The Hall–Kier alpha value is -4.60. The second-order valence-corrected chi connectivity index (χ2v) is 12.2. The molecule has 0 bridgehead atoms. The summed E-state index contributed by atoms with van der Waals surface area (Å²) < 4.78 is 13.9. The summed E-state index contributed by atoms with van der Waals surface area (Å²) in [5.74, 6) is 1.39. The zero-order valence-corrected chi connectivity index (χ0v) is 24.2. The molecule has 3 aromatic heterocycles. The summed E-state index contributed by atoms with van der Waals surface area (Å²) >= 11 is 2.81. The number of fused-ring (bicyclic) bond motifs is 4. The van der Waals surface area contributed by atoms with Gasteiger partial charge < -0.3 is 14.1 Å². The SMILES string of the molecule is COc1ccc([C@@H]2C3=C(N=c4s/c(=C\c5ccc(Sc6nc7ccccc7[nH]6)o5)c(=O)n42)c2ccccc2CC3)cc1. The van der Waals surface area contributed by atoms with Crippen molar-refractivity contribution >= 4 is 45.9 Å². The van der Waals surface area contributed by atoms with Crippen molar-refractivity contribution in [3.05, 3.63) is 133 Å². The fourth-order valence-electron chi connectivity index (χ4n) is 5.78. The van der Waals surface area contributed by atoms with Crippen molar-refractivity contribution in [3.63, 3.8) is 0 Å². The number of benzene rings is 3. The first kappa shape index (κ1) is 25.1. The lowest BCUT2D eigenvalue weighted by Crippen LogP contribution is -2.38. The van der Waals surface area contributed by atoms with Gasteiger partial charge in [-0.15, -0.1) is 0 Å². The Morgan fingerprint density at radius 3 is 2.71 bits per heavy atom. The van der Waals surface area contributed by atoms with E-state index in [2.05, 4.69) is 34.2 Å². The predicted octanol–water partition coefficient (Wildman–Crippen LogP) is 5.95. The van der Waals surface area contributed by atoms with Crippen LogP contribution in [-0.4, -0.2) is 21.6 Å². The van der Waals surface area contributed by atoms with E-state index in [0.717, 1.165) is 51.6 Å². The van der Waals surface area contributed by atoms with E-state index in [1.54, 1.807) is 7.11 Å². The van der Waals surface area contributed by atoms with Crippen LogP contribution in [0.2, 0.25) is 0 Å². The molecule has 4 heterocycles. The minimum atomic E-state index is -0.242. The number of H-pyrrole nitrogens is 1. The Bertz CT molecular complexity index is 2170. The minimum absolute atomic E-state index is 0.0761. The molecule has 206 valence electrons. The standard InChI is InChI=1S/C33H24N4O3S2/c1-39-21-13-10-20(11-14-21)30-24-16-12-19-6-2-3-7-23(19)29(24)36-33-37(30)31(38)27(41-33)18-22-15-17-28(40-22)42-32-34-25-8-4-5-9-26(25)35-32/h2-11,13-15,17-18,30H,12,16H2,1H3,(H,34,35)/b27-18-/t30-/m1/s1. The summed E-state index contributed by atoms with van der Waals surface area (Å²) in [4.78, 5) is 27.7. The molecule has 1 aliphatic heterocycles. The van der Waals surface area contributed by atoms with Crippen LogP contribution in [-0.2, 0) is 6.42 Å². The molecule has 9 heteroatoms. The Labute approximate surface area is 248 Å². The molecule has 0 saturated carbocycles. The number of imidazole rings is 1. The molecule has 0 amide bonds. The van der Waals surface area contributed by atoms with Crippen LogP contribution in [0.25, 0.3) is 22.8 Å². The third-order valence-corrected chi connectivity index (χ3v) is 9.54. The molecular formula is C33H24N4O3S2. The number of aromatic nitrogens is 3. The van der Waals surface area contributed by atoms with Crippen molar-refractivity contribution in [2.75, 3.05) is 7.11 Å². The zero-order valence-electron chi connectivity index (χ0n) is 22.5. The van der Waals surface area contributed by atoms with E-state index < -0.39 is 0 Å². The van der Waals surface area contributed by atoms with E-state index in [1.165, 1.54) is 34.2 Å². The van der Waals surface area contributed by atoms with Crippen LogP contribution < -0.4 is 19.6 Å². The number of rotatable bonds is 5. The number of para-hydroxylation sites is 2. The monoisotopic (exact) mass is 588 g/mol. The smallest absolute Gasteiger partial charge is 0.271 e. The molecule has 0 saturated heterocycles. The first-order valence-corrected chi connectivity index (χ1v) is 15.3. The van der Waals surface area contributed by atoms with Gasteiger partial charge in [-0.25, -0.2) is 9.98 Å². The van der Waals surface area contributed by atoms with Crippen molar-refractivity contribution in [2.45, 2.75) is 29.1 Å². The van der Waals surface area contributed by atoms with Crippen LogP contribution >= 0.6 is 23.1 Å². The topological polar surface area (TPSA) is 85.4 Å². The van der Waals surface area contributed by atoms with Crippen molar-refractivity contribution < 1.29 is 9.15 Å². The van der Waals surface area contributed by atoms with Crippen LogP contribution in [0.4, 0.5) is 0 Å². The van der Waals surface area contributed by atoms with Crippen LogP contribution in [0.5, 0.6) is 5.75 Å². The number of ether oxygens (including phenoxy) is 1. The minimum Gasteiger partial charge on any atom is -0.497 e. The lowest BCUT2D eigenvalue weighted by atomic mass is 9.83. The average molecular weight is 589 g/mol. The summed E-state index contributed by atoms with van der Waals surface area (Å²) in [7, 11) is 1.66. The Morgan fingerprint density at radius 2 is 1.86 bits per heavy atom. The second kappa shape index (κ2) is 10.0. The van der Waals surface area contributed by atoms with Crippen molar-refractivity contribution in [1.82, 2.24) is 14.5 Å². The maximum Gasteiger partial charge on any atom is 0.271 e. The number of furan rings is 1. The van der Waals surface area contributed by atoms with E-state index in [0.29, 0.717) is 20.2 Å². The molecule has 7 nitrogen and oxygen atoms in total. The maximum atomic E-state index is 14.0. The number of nitrogens with zero attached hydrogens (tertiary/aromatic N) is 3. The van der Waals surface area contributed by atoms with Gasteiger partial charge in [-0.3, -0.25) is 9.36 Å². The highest BCUT2D eigenvalue weighted by Crippen LogP contribution is 2.41. The van der Waals surface area contributed by atoms with Crippen LogP contribution in [0, 0.1) is 0 Å². The predicted molar refractivity (Wildman–Crippen MR) is 165 cm³/mol. The molecule has 3 aromatic carbocycles. The van der Waals surface area contributed by atoms with Gasteiger partial charge in [-0.2, -0.15) is 0 Å². The molecule has 1 N–H and O–H groups in total. The van der Waals surface area contributed by atoms with E-state index >= 15 is 0 Å². The van der Waals surface area contributed by atoms with Gasteiger partial charge in [0, 0.05) is 11.6 Å². The fraction of sp³-hybridized carbons (Fsp3) is 0.121. The van der Waals surface area contributed by atoms with Gasteiger partial charge in [0.05, 0.1) is 34.4 Å². The van der Waals surface area contributed by atoms with E-state index in [-0.39, 0.29) is 11.6 Å². The molecule has 1 atom stereocenters. The summed E-state index contributed by atoms with van der Waals surface area (Å²) in [5, 5.41) is 1.44. The molecule has 0 radical (unpaired) electrons. The normalized spacial score (nSPS) is 16.2. The first-order valence-electron chi connectivity index (χ1n) is 13.6. The molecule has 0 spiro atoms. The number of aromatic amines is 1. The van der Waals surface area contributed by atoms with E-state index in [4.69, 9.17) is 14.1 Å². The zero-order chi connectivity index (χ0) is 28.2. The highest BCUT2D eigenvalue weighted by molar-refractivity contribution is 7.99. The number of aryl methyl sites for hydroxylation is 1. The molecule has 6 aromatic rings. The molecule has 8 rings (SSSR count). The molecule has 42 heavy (non-hydrogen) atoms.